The van der Waals surface area contributed by atoms with Gasteiger partial charge in [-0.3, -0.25) is 0 Å². The third-order valence-electron chi connectivity index (χ3n) is 3.27. The van der Waals surface area contributed by atoms with Crippen molar-refractivity contribution in [2.45, 2.75) is 59.8 Å². The lowest BCUT2D eigenvalue weighted by molar-refractivity contribution is -0.0669. The van der Waals surface area contributed by atoms with Gasteiger partial charge in [-0.05, 0) is 36.5 Å². The lowest BCUT2D eigenvalue weighted by Gasteiger charge is -2.58. The van der Waals surface area contributed by atoms with E-state index < -0.39 is 0 Å². The van der Waals surface area contributed by atoms with Crippen molar-refractivity contribution in [3.05, 3.63) is 0 Å². The van der Waals surface area contributed by atoms with E-state index in [0.717, 1.165) is 10.8 Å². The molecule has 0 aromatic rings. The highest BCUT2D eigenvalue weighted by atomic mass is 14.6. The molecule has 0 aliphatic heterocycles. The van der Waals surface area contributed by atoms with Gasteiger partial charge < -0.3 is 0 Å². The van der Waals surface area contributed by atoms with Gasteiger partial charge in [0.25, 0.3) is 0 Å². The first kappa shape index (κ1) is 9.09. The van der Waals surface area contributed by atoms with Crippen molar-refractivity contribution in [3.8, 4) is 0 Å². The molecule has 3 aliphatic rings. The standard InChI is InChI=1S/C9H16.C2H6/c1-8-4-3-5-9(2,6-8)7-8;1-2/h3-7H2,1-2H3;1-2H3. The van der Waals surface area contributed by atoms with Gasteiger partial charge in [0.15, 0.2) is 0 Å². The molecule has 3 fully saturated rings. The second-order valence-corrected chi connectivity index (χ2v) is 4.83. The van der Waals surface area contributed by atoms with E-state index in [0.29, 0.717) is 0 Å². The maximum atomic E-state index is 2.45. The summed E-state index contributed by atoms with van der Waals surface area (Å²) in [5.74, 6) is 0. The topological polar surface area (TPSA) is 0 Å². The Morgan fingerprint density at radius 2 is 1.18 bits per heavy atom. The number of fused-ring (bicyclic) bond motifs is 2. The van der Waals surface area contributed by atoms with Gasteiger partial charge in [0.05, 0.1) is 0 Å². The van der Waals surface area contributed by atoms with Crippen molar-refractivity contribution in [1.82, 2.24) is 0 Å². The van der Waals surface area contributed by atoms with E-state index >= 15 is 0 Å². The van der Waals surface area contributed by atoms with Crippen LogP contribution >= 0.6 is 0 Å². The summed E-state index contributed by atoms with van der Waals surface area (Å²) in [5.41, 5.74) is 1.57. The second kappa shape index (κ2) is 2.80. The average molecular weight is 154 g/mol. The van der Waals surface area contributed by atoms with Crippen molar-refractivity contribution in [2.24, 2.45) is 10.8 Å². The minimum Gasteiger partial charge on any atom is -0.0683 e. The lowest BCUT2D eigenvalue weighted by atomic mass is 9.47. The maximum absolute atomic E-state index is 2.45. The van der Waals surface area contributed by atoms with E-state index in [2.05, 4.69) is 13.8 Å². The highest BCUT2D eigenvalue weighted by molar-refractivity contribution is 5.02. The lowest BCUT2D eigenvalue weighted by Crippen LogP contribution is -2.46. The Balaban J connectivity index is 0.000000281. The average Bonchev–Trinajstić information content (AvgIpc) is 1.88. The summed E-state index contributed by atoms with van der Waals surface area (Å²) in [7, 11) is 0. The van der Waals surface area contributed by atoms with Crippen LogP contribution < -0.4 is 0 Å². The van der Waals surface area contributed by atoms with E-state index in [1.165, 1.54) is 32.1 Å². The van der Waals surface area contributed by atoms with Crippen LogP contribution in [0, 0.1) is 10.8 Å². The fraction of sp³-hybridized carbons (Fsp3) is 1.00. The molecule has 0 radical (unpaired) electrons. The molecular weight excluding hydrogens is 132 g/mol. The normalized spacial score (nSPS) is 46.9. The van der Waals surface area contributed by atoms with Crippen molar-refractivity contribution >= 4 is 0 Å². The Kier molecular flexibility index (Phi) is 2.32. The molecule has 0 N–H and O–H groups in total. The van der Waals surface area contributed by atoms with Crippen LogP contribution in [0.1, 0.15) is 59.8 Å². The third-order valence-corrected chi connectivity index (χ3v) is 3.27. The van der Waals surface area contributed by atoms with Gasteiger partial charge in [0.2, 0.25) is 0 Å². The first-order chi connectivity index (χ1) is 5.12. The minimum atomic E-state index is 0.785. The molecule has 0 heterocycles. The molecule has 11 heavy (non-hydrogen) atoms. The molecule has 3 rings (SSSR count). The Hall–Kier alpha value is 0. The molecule has 0 nitrogen and oxygen atoms in total. The Bertz CT molecular complexity index is 115. The summed E-state index contributed by atoms with van der Waals surface area (Å²) < 4.78 is 0. The van der Waals surface area contributed by atoms with Crippen molar-refractivity contribution < 1.29 is 0 Å². The summed E-state index contributed by atoms with van der Waals surface area (Å²) in [5, 5.41) is 0. The molecule has 2 bridgehead atoms. The third kappa shape index (κ3) is 1.60. The van der Waals surface area contributed by atoms with Crippen LogP contribution in [0.5, 0.6) is 0 Å². The molecule has 0 amide bonds. The van der Waals surface area contributed by atoms with E-state index in [9.17, 15) is 0 Å². The molecule has 0 aromatic heterocycles. The largest absolute Gasteiger partial charge is 0.0683 e. The van der Waals surface area contributed by atoms with Gasteiger partial charge in [-0.25, -0.2) is 0 Å². The van der Waals surface area contributed by atoms with E-state index in [4.69, 9.17) is 0 Å². The fourth-order valence-corrected chi connectivity index (χ4v) is 3.30. The zero-order valence-corrected chi connectivity index (χ0v) is 8.54. The Morgan fingerprint density at radius 3 is 1.36 bits per heavy atom. The van der Waals surface area contributed by atoms with Crippen molar-refractivity contribution in [2.75, 3.05) is 0 Å². The van der Waals surface area contributed by atoms with Crippen LogP contribution in [0.3, 0.4) is 0 Å². The summed E-state index contributed by atoms with van der Waals surface area (Å²) >= 11 is 0. The highest BCUT2D eigenvalue weighted by Crippen LogP contribution is 2.62. The SMILES string of the molecule is CC.CC12CCCC(C)(C1)C2. The van der Waals surface area contributed by atoms with Crippen LogP contribution in [-0.4, -0.2) is 0 Å². The zero-order valence-electron chi connectivity index (χ0n) is 8.54. The molecule has 0 heteroatoms. The van der Waals surface area contributed by atoms with E-state index in [1.54, 1.807) is 0 Å². The second-order valence-electron chi connectivity index (χ2n) is 4.83. The van der Waals surface area contributed by atoms with Crippen molar-refractivity contribution in [3.63, 3.8) is 0 Å². The maximum Gasteiger partial charge on any atom is -0.0315 e. The summed E-state index contributed by atoms with van der Waals surface area (Å²) in [6, 6.07) is 0. The van der Waals surface area contributed by atoms with Gasteiger partial charge >= 0.3 is 0 Å². The summed E-state index contributed by atoms with van der Waals surface area (Å²) in [6.45, 7) is 8.90. The predicted molar refractivity (Wildman–Crippen MR) is 50.6 cm³/mol. The Labute approximate surface area is 71.4 Å². The van der Waals surface area contributed by atoms with Crippen LogP contribution in [-0.2, 0) is 0 Å². The van der Waals surface area contributed by atoms with Crippen molar-refractivity contribution in [1.29, 1.82) is 0 Å². The number of rotatable bonds is 0. The van der Waals surface area contributed by atoms with E-state index in [-0.39, 0.29) is 0 Å². The van der Waals surface area contributed by atoms with Gasteiger partial charge in [-0.1, -0.05) is 34.1 Å². The van der Waals surface area contributed by atoms with Crippen LogP contribution in [0.4, 0.5) is 0 Å². The first-order valence-corrected chi connectivity index (χ1v) is 5.12. The molecule has 0 saturated heterocycles. The van der Waals surface area contributed by atoms with Gasteiger partial charge in [-0.2, -0.15) is 0 Å². The van der Waals surface area contributed by atoms with Gasteiger partial charge in [0.1, 0.15) is 0 Å². The number of hydrogen-bond acceptors (Lipinski definition) is 0. The summed E-state index contributed by atoms with van der Waals surface area (Å²) in [6.07, 6.45) is 7.53. The molecule has 0 unspecified atom stereocenters. The first-order valence-electron chi connectivity index (χ1n) is 5.12. The molecule has 0 atom stereocenters. The van der Waals surface area contributed by atoms with Crippen LogP contribution in [0.25, 0.3) is 0 Å². The van der Waals surface area contributed by atoms with Crippen LogP contribution in [0.2, 0.25) is 0 Å². The van der Waals surface area contributed by atoms with Gasteiger partial charge in [0, 0.05) is 0 Å². The predicted octanol–water partition coefficient (Wildman–Crippen LogP) is 4.00. The highest BCUT2D eigenvalue weighted by Gasteiger charge is 2.50. The minimum absolute atomic E-state index is 0.785. The Morgan fingerprint density at radius 1 is 0.818 bits per heavy atom. The monoisotopic (exact) mass is 154 g/mol. The van der Waals surface area contributed by atoms with Gasteiger partial charge in [-0.15, -0.1) is 0 Å². The van der Waals surface area contributed by atoms with E-state index in [1.807, 2.05) is 13.8 Å². The molecule has 0 spiro atoms. The van der Waals surface area contributed by atoms with Crippen LogP contribution in [0.15, 0.2) is 0 Å². The molecule has 0 aromatic carbocycles. The fourth-order valence-electron chi connectivity index (χ4n) is 3.30. The molecule has 66 valence electrons. The molecular formula is C11H22. The molecule has 3 saturated carbocycles. The zero-order chi connectivity index (χ0) is 8.54. The molecule has 3 aliphatic carbocycles. The number of hydrogen-bond donors (Lipinski definition) is 0. The smallest absolute Gasteiger partial charge is 0.0315 e. The quantitative estimate of drug-likeness (QED) is 0.494. The summed E-state index contributed by atoms with van der Waals surface area (Å²) in [4.78, 5) is 0.